The molecule has 1 saturated carbocycles. The monoisotopic (exact) mass is 232 g/mol. The lowest BCUT2D eigenvalue weighted by Crippen LogP contribution is -2.24. The molecule has 3 nitrogen and oxygen atoms in total. The minimum Gasteiger partial charge on any atom is -0.388 e. The van der Waals surface area contributed by atoms with Gasteiger partial charge in [-0.1, -0.05) is 12.8 Å². The van der Waals surface area contributed by atoms with E-state index in [1.165, 1.54) is 12.8 Å². The first-order chi connectivity index (χ1) is 8.20. The SMILES string of the molecule is CNc1ccc(C(=O)NCCC2CC2)cc1C. The quantitative estimate of drug-likeness (QED) is 0.819. The van der Waals surface area contributed by atoms with Crippen LogP contribution in [-0.4, -0.2) is 19.5 Å². The fourth-order valence-corrected chi connectivity index (χ4v) is 1.98. The average Bonchev–Trinajstić information content (AvgIpc) is 3.13. The van der Waals surface area contributed by atoms with Crippen LogP contribution in [0.2, 0.25) is 0 Å². The number of hydrogen-bond acceptors (Lipinski definition) is 2. The molecule has 1 aromatic rings. The molecule has 92 valence electrons. The van der Waals surface area contributed by atoms with Gasteiger partial charge in [0.2, 0.25) is 0 Å². The summed E-state index contributed by atoms with van der Waals surface area (Å²) in [5.41, 5.74) is 2.92. The Hall–Kier alpha value is -1.51. The largest absolute Gasteiger partial charge is 0.388 e. The number of nitrogens with one attached hydrogen (secondary N) is 2. The van der Waals surface area contributed by atoms with Crippen LogP contribution in [0.1, 0.15) is 35.2 Å². The summed E-state index contributed by atoms with van der Waals surface area (Å²) in [6, 6.07) is 5.74. The highest BCUT2D eigenvalue weighted by molar-refractivity contribution is 5.94. The van der Waals surface area contributed by atoms with E-state index in [0.29, 0.717) is 0 Å². The van der Waals surface area contributed by atoms with Crippen LogP contribution in [-0.2, 0) is 0 Å². The summed E-state index contributed by atoms with van der Waals surface area (Å²) < 4.78 is 0. The van der Waals surface area contributed by atoms with Crippen LogP contribution in [0.25, 0.3) is 0 Å². The van der Waals surface area contributed by atoms with Gasteiger partial charge in [-0.15, -0.1) is 0 Å². The van der Waals surface area contributed by atoms with E-state index >= 15 is 0 Å². The third-order valence-corrected chi connectivity index (χ3v) is 3.29. The predicted octanol–water partition coefficient (Wildman–Crippen LogP) is 2.57. The Morgan fingerprint density at radius 1 is 1.41 bits per heavy atom. The average molecular weight is 232 g/mol. The van der Waals surface area contributed by atoms with Gasteiger partial charge in [0.25, 0.3) is 5.91 Å². The normalized spacial score (nSPS) is 14.5. The standard InChI is InChI=1S/C14H20N2O/c1-10-9-12(5-6-13(10)15-2)14(17)16-8-7-11-3-4-11/h5-6,9,11,15H,3-4,7-8H2,1-2H3,(H,16,17). The summed E-state index contributed by atoms with van der Waals surface area (Å²) in [6.07, 6.45) is 3.80. The first-order valence-electron chi connectivity index (χ1n) is 6.27. The maximum absolute atomic E-state index is 11.9. The molecule has 0 atom stereocenters. The number of amides is 1. The van der Waals surface area contributed by atoms with Crippen molar-refractivity contribution in [3.8, 4) is 0 Å². The number of anilines is 1. The second-order valence-electron chi connectivity index (χ2n) is 4.77. The van der Waals surface area contributed by atoms with Crippen molar-refractivity contribution < 1.29 is 4.79 Å². The summed E-state index contributed by atoms with van der Waals surface area (Å²) >= 11 is 0. The topological polar surface area (TPSA) is 41.1 Å². The highest BCUT2D eigenvalue weighted by Crippen LogP contribution is 2.31. The Morgan fingerprint density at radius 2 is 2.18 bits per heavy atom. The number of rotatable bonds is 5. The summed E-state index contributed by atoms with van der Waals surface area (Å²) in [5, 5.41) is 6.07. The van der Waals surface area contributed by atoms with E-state index in [1.807, 2.05) is 32.2 Å². The van der Waals surface area contributed by atoms with Crippen molar-refractivity contribution >= 4 is 11.6 Å². The summed E-state index contributed by atoms with van der Waals surface area (Å²) in [7, 11) is 1.89. The fraction of sp³-hybridized carbons (Fsp3) is 0.500. The molecule has 1 aliphatic carbocycles. The number of aryl methyl sites for hydroxylation is 1. The van der Waals surface area contributed by atoms with E-state index in [-0.39, 0.29) is 5.91 Å². The molecule has 1 aliphatic rings. The minimum absolute atomic E-state index is 0.0383. The van der Waals surface area contributed by atoms with Crippen molar-refractivity contribution in [3.63, 3.8) is 0 Å². The molecule has 0 bridgehead atoms. The molecule has 17 heavy (non-hydrogen) atoms. The van der Waals surface area contributed by atoms with Gasteiger partial charge in [0.15, 0.2) is 0 Å². The van der Waals surface area contributed by atoms with Crippen LogP contribution in [0.4, 0.5) is 5.69 Å². The summed E-state index contributed by atoms with van der Waals surface area (Å²) in [6.45, 7) is 2.81. The second kappa shape index (κ2) is 5.21. The van der Waals surface area contributed by atoms with E-state index in [2.05, 4.69) is 10.6 Å². The van der Waals surface area contributed by atoms with Gasteiger partial charge in [0, 0.05) is 24.8 Å². The van der Waals surface area contributed by atoms with Gasteiger partial charge < -0.3 is 10.6 Å². The van der Waals surface area contributed by atoms with Crippen LogP contribution in [0, 0.1) is 12.8 Å². The molecular weight excluding hydrogens is 212 g/mol. The maximum Gasteiger partial charge on any atom is 0.251 e. The number of carbonyl (C=O) groups is 1. The molecule has 0 aliphatic heterocycles. The van der Waals surface area contributed by atoms with E-state index in [0.717, 1.165) is 35.7 Å². The van der Waals surface area contributed by atoms with Gasteiger partial charge in [-0.25, -0.2) is 0 Å². The third-order valence-electron chi connectivity index (χ3n) is 3.29. The highest BCUT2D eigenvalue weighted by atomic mass is 16.1. The molecular formula is C14H20N2O. The molecule has 0 heterocycles. The smallest absolute Gasteiger partial charge is 0.251 e. The van der Waals surface area contributed by atoms with Crippen molar-refractivity contribution in [1.29, 1.82) is 0 Å². The molecule has 0 saturated heterocycles. The van der Waals surface area contributed by atoms with E-state index in [1.54, 1.807) is 0 Å². The van der Waals surface area contributed by atoms with Crippen molar-refractivity contribution in [1.82, 2.24) is 5.32 Å². The van der Waals surface area contributed by atoms with Gasteiger partial charge in [0.1, 0.15) is 0 Å². The van der Waals surface area contributed by atoms with Gasteiger partial charge >= 0.3 is 0 Å². The van der Waals surface area contributed by atoms with Crippen LogP contribution in [0.5, 0.6) is 0 Å². The fourth-order valence-electron chi connectivity index (χ4n) is 1.98. The van der Waals surface area contributed by atoms with Crippen LogP contribution in [0.15, 0.2) is 18.2 Å². The highest BCUT2D eigenvalue weighted by Gasteiger charge is 2.20. The number of carbonyl (C=O) groups excluding carboxylic acids is 1. The molecule has 0 unspecified atom stereocenters. The van der Waals surface area contributed by atoms with E-state index in [4.69, 9.17) is 0 Å². The zero-order chi connectivity index (χ0) is 12.3. The van der Waals surface area contributed by atoms with Crippen molar-refractivity contribution in [2.24, 2.45) is 5.92 Å². The van der Waals surface area contributed by atoms with Crippen LogP contribution < -0.4 is 10.6 Å². The predicted molar refractivity (Wildman–Crippen MR) is 70.4 cm³/mol. The minimum atomic E-state index is 0.0383. The Labute approximate surface area is 103 Å². The molecule has 1 amide bonds. The molecule has 0 aromatic heterocycles. The lowest BCUT2D eigenvalue weighted by atomic mass is 10.1. The van der Waals surface area contributed by atoms with Crippen molar-refractivity contribution in [2.75, 3.05) is 18.9 Å². The van der Waals surface area contributed by atoms with Crippen molar-refractivity contribution in [3.05, 3.63) is 29.3 Å². The van der Waals surface area contributed by atoms with Crippen LogP contribution in [0.3, 0.4) is 0 Å². The number of benzene rings is 1. The maximum atomic E-state index is 11.9. The lowest BCUT2D eigenvalue weighted by molar-refractivity contribution is 0.0952. The molecule has 0 radical (unpaired) electrons. The Balaban J connectivity index is 1.90. The zero-order valence-electron chi connectivity index (χ0n) is 10.5. The first kappa shape index (κ1) is 12.0. The molecule has 1 aromatic carbocycles. The molecule has 1 fully saturated rings. The molecule has 0 spiro atoms. The third kappa shape index (κ3) is 3.22. The lowest BCUT2D eigenvalue weighted by Gasteiger charge is -2.08. The first-order valence-corrected chi connectivity index (χ1v) is 6.27. The Morgan fingerprint density at radius 3 is 2.76 bits per heavy atom. The molecule has 2 rings (SSSR count). The second-order valence-corrected chi connectivity index (χ2v) is 4.77. The van der Waals surface area contributed by atoms with Gasteiger partial charge in [-0.2, -0.15) is 0 Å². The summed E-state index contributed by atoms with van der Waals surface area (Å²) in [5.74, 6) is 0.903. The van der Waals surface area contributed by atoms with Crippen LogP contribution >= 0.6 is 0 Å². The van der Waals surface area contributed by atoms with E-state index < -0.39 is 0 Å². The Bertz CT molecular complexity index is 411. The van der Waals surface area contributed by atoms with Gasteiger partial charge in [-0.3, -0.25) is 4.79 Å². The van der Waals surface area contributed by atoms with Gasteiger partial charge in [0.05, 0.1) is 0 Å². The summed E-state index contributed by atoms with van der Waals surface area (Å²) in [4.78, 5) is 11.9. The zero-order valence-corrected chi connectivity index (χ0v) is 10.5. The van der Waals surface area contributed by atoms with E-state index in [9.17, 15) is 4.79 Å². The van der Waals surface area contributed by atoms with Crippen molar-refractivity contribution in [2.45, 2.75) is 26.2 Å². The number of hydrogen-bond donors (Lipinski definition) is 2. The molecule has 2 N–H and O–H groups in total. The Kier molecular flexibility index (Phi) is 3.67. The molecule has 3 heteroatoms. The van der Waals surface area contributed by atoms with Gasteiger partial charge in [-0.05, 0) is 43.0 Å².